The van der Waals surface area contributed by atoms with Gasteiger partial charge in [0, 0.05) is 12.1 Å². The number of nitrogens with zero attached hydrogens (tertiary/aromatic N) is 1. The van der Waals surface area contributed by atoms with Crippen molar-refractivity contribution >= 4 is 17.4 Å². The van der Waals surface area contributed by atoms with Crippen LogP contribution in [0, 0.1) is 12.7 Å². The van der Waals surface area contributed by atoms with Gasteiger partial charge in [-0.1, -0.05) is 31.2 Å². The number of carbonyl (C=O) groups is 2. The molecule has 6 nitrogen and oxygen atoms in total. The lowest BCUT2D eigenvalue weighted by Gasteiger charge is -2.23. The lowest BCUT2D eigenvalue weighted by Crippen LogP contribution is -2.31. The number of aliphatic hydroxyl groups excluding tert-OH is 1. The number of halogens is 1. The minimum atomic E-state index is -0.880. The number of amides is 1. The summed E-state index contributed by atoms with van der Waals surface area (Å²) >= 11 is 0. The van der Waals surface area contributed by atoms with Crippen molar-refractivity contribution < 1.29 is 28.2 Å². The molecule has 1 aromatic heterocycles. The predicted octanol–water partition coefficient (Wildman–Crippen LogP) is 5.18. The molecular formula is C27H26FNO5. The number of ether oxygens (including phenoxy) is 1. The van der Waals surface area contributed by atoms with Gasteiger partial charge in [0.2, 0.25) is 0 Å². The average Bonchev–Trinajstić information content (AvgIpc) is 3.37. The van der Waals surface area contributed by atoms with Crippen molar-refractivity contribution in [1.29, 1.82) is 0 Å². The number of rotatable bonds is 8. The molecule has 34 heavy (non-hydrogen) atoms. The highest BCUT2D eigenvalue weighted by molar-refractivity contribution is 6.46. The quantitative estimate of drug-likeness (QED) is 0.283. The van der Waals surface area contributed by atoms with Crippen molar-refractivity contribution in [2.24, 2.45) is 0 Å². The number of Topliss-reactive ketones (excluding diaryl/α,β-unsaturated/α-hetero) is 1. The molecular weight excluding hydrogens is 437 g/mol. The van der Waals surface area contributed by atoms with Crippen LogP contribution in [-0.2, 0) is 16.0 Å². The third kappa shape index (κ3) is 4.73. The van der Waals surface area contributed by atoms with Gasteiger partial charge in [-0.25, -0.2) is 4.39 Å². The Morgan fingerprint density at radius 1 is 1.12 bits per heavy atom. The second-order valence-electron chi connectivity index (χ2n) is 8.19. The van der Waals surface area contributed by atoms with Gasteiger partial charge in [0.25, 0.3) is 11.7 Å². The van der Waals surface area contributed by atoms with Crippen LogP contribution in [0.15, 0.2) is 70.7 Å². The van der Waals surface area contributed by atoms with Crippen LogP contribution in [0.4, 0.5) is 4.39 Å². The molecule has 3 aromatic rings. The molecule has 1 unspecified atom stereocenters. The summed E-state index contributed by atoms with van der Waals surface area (Å²) in [5.74, 6) is -0.577. The van der Waals surface area contributed by atoms with Gasteiger partial charge >= 0.3 is 0 Å². The van der Waals surface area contributed by atoms with Crippen molar-refractivity contribution in [2.75, 3.05) is 13.2 Å². The number of aliphatic hydroxyl groups is 1. The van der Waals surface area contributed by atoms with Crippen molar-refractivity contribution in [3.8, 4) is 5.75 Å². The molecule has 1 aliphatic heterocycles. The van der Waals surface area contributed by atoms with Gasteiger partial charge in [-0.15, -0.1) is 0 Å². The smallest absolute Gasteiger partial charge is 0.295 e. The molecule has 0 radical (unpaired) electrons. The first-order chi connectivity index (χ1) is 16.4. The minimum Gasteiger partial charge on any atom is -0.507 e. The monoisotopic (exact) mass is 463 g/mol. The second kappa shape index (κ2) is 9.95. The number of hydrogen-bond acceptors (Lipinski definition) is 5. The number of furan rings is 1. The van der Waals surface area contributed by atoms with Gasteiger partial charge in [-0.3, -0.25) is 9.59 Å². The Morgan fingerprint density at radius 2 is 1.88 bits per heavy atom. The predicted molar refractivity (Wildman–Crippen MR) is 125 cm³/mol. The van der Waals surface area contributed by atoms with Gasteiger partial charge in [0.1, 0.15) is 34.9 Å². The molecule has 1 saturated heterocycles. The highest BCUT2D eigenvalue weighted by Gasteiger charge is 2.47. The molecule has 1 atom stereocenters. The highest BCUT2D eigenvalue weighted by atomic mass is 19.1. The Morgan fingerprint density at radius 3 is 2.56 bits per heavy atom. The van der Waals surface area contributed by atoms with Crippen LogP contribution in [-0.4, -0.2) is 34.8 Å². The third-order valence-electron chi connectivity index (χ3n) is 5.71. The Balaban J connectivity index is 1.72. The first kappa shape index (κ1) is 23.3. The first-order valence-electron chi connectivity index (χ1n) is 11.2. The van der Waals surface area contributed by atoms with E-state index in [4.69, 9.17) is 9.15 Å². The van der Waals surface area contributed by atoms with Crippen LogP contribution in [0.3, 0.4) is 0 Å². The number of aryl methyl sites for hydroxylation is 1. The zero-order valence-corrected chi connectivity index (χ0v) is 19.1. The summed E-state index contributed by atoms with van der Waals surface area (Å²) in [7, 11) is 0. The fourth-order valence-electron chi connectivity index (χ4n) is 4.02. The van der Waals surface area contributed by atoms with Crippen LogP contribution < -0.4 is 4.74 Å². The van der Waals surface area contributed by atoms with E-state index in [2.05, 4.69) is 0 Å². The molecule has 1 amide bonds. The summed E-state index contributed by atoms with van der Waals surface area (Å²) in [5, 5.41) is 11.2. The van der Waals surface area contributed by atoms with E-state index in [0.717, 1.165) is 12.0 Å². The van der Waals surface area contributed by atoms with E-state index in [1.165, 1.54) is 17.0 Å². The van der Waals surface area contributed by atoms with Gasteiger partial charge in [0.05, 0.1) is 12.2 Å². The van der Waals surface area contributed by atoms with E-state index in [1.54, 1.807) is 55.5 Å². The van der Waals surface area contributed by atoms with Gasteiger partial charge in [-0.05, 0) is 61.7 Å². The van der Waals surface area contributed by atoms with E-state index in [-0.39, 0.29) is 23.7 Å². The maximum atomic E-state index is 13.3. The second-order valence-corrected chi connectivity index (χ2v) is 8.19. The standard InChI is InChI=1S/C27H26FNO5/c1-3-15-33-21-6-4-5-19(16-21)25(30)23-24(22-12-7-17(2)34-22)29(27(32)26(23)31)14-13-18-8-10-20(28)11-9-18/h4-12,16,24,30H,3,13-15H2,1-2H3/b25-23-. The van der Waals surface area contributed by atoms with Gasteiger partial charge in [0.15, 0.2) is 0 Å². The number of benzene rings is 2. The lowest BCUT2D eigenvalue weighted by molar-refractivity contribution is -0.140. The molecule has 0 aliphatic carbocycles. The summed E-state index contributed by atoms with van der Waals surface area (Å²) in [4.78, 5) is 27.5. The molecule has 7 heteroatoms. The summed E-state index contributed by atoms with van der Waals surface area (Å²) in [5.41, 5.74) is 1.16. The molecule has 1 N–H and O–H groups in total. The summed E-state index contributed by atoms with van der Waals surface area (Å²) in [6.07, 6.45) is 1.23. The zero-order valence-electron chi connectivity index (χ0n) is 19.1. The molecule has 0 bridgehead atoms. The molecule has 0 spiro atoms. The highest BCUT2D eigenvalue weighted by Crippen LogP contribution is 2.40. The zero-order chi connectivity index (χ0) is 24.2. The van der Waals surface area contributed by atoms with Crippen LogP contribution in [0.5, 0.6) is 5.75 Å². The molecule has 1 aliphatic rings. The van der Waals surface area contributed by atoms with Crippen LogP contribution >= 0.6 is 0 Å². The summed E-state index contributed by atoms with van der Waals surface area (Å²) in [6.45, 7) is 4.46. The SMILES string of the molecule is CCCOc1cccc(/C(O)=C2/C(=O)C(=O)N(CCc3ccc(F)cc3)C2c2ccc(C)o2)c1. The molecule has 2 aromatic carbocycles. The maximum absolute atomic E-state index is 13.3. The largest absolute Gasteiger partial charge is 0.507 e. The lowest BCUT2D eigenvalue weighted by atomic mass is 9.99. The number of likely N-dealkylation sites (tertiary alicyclic amines) is 1. The van der Waals surface area contributed by atoms with Crippen molar-refractivity contribution in [3.05, 3.63) is 94.7 Å². The van der Waals surface area contributed by atoms with E-state index in [0.29, 0.717) is 35.9 Å². The van der Waals surface area contributed by atoms with Crippen LogP contribution in [0.25, 0.3) is 5.76 Å². The molecule has 2 heterocycles. The maximum Gasteiger partial charge on any atom is 0.295 e. The fraction of sp³-hybridized carbons (Fsp3) is 0.259. The number of ketones is 1. The van der Waals surface area contributed by atoms with E-state index in [9.17, 15) is 19.1 Å². The number of carbonyl (C=O) groups excluding carboxylic acids is 2. The topological polar surface area (TPSA) is 80.0 Å². The van der Waals surface area contributed by atoms with Crippen molar-refractivity contribution in [1.82, 2.24) is 4.90 Å². The average molecular weight is 464 g/mol. The van der Waals surface area contributed by atoms with E-state index >= 15 is 0 Å². The normalized spacial score (nSPS) is 17.4. The Bertz CT molecular complexity index is 1230. The van der Waals surface area contributed by atoms with E-state index in [1.807, 2.05) is 6.92 Å². The molecule has 1 fully saturated rings. The van der Waals surface area contributed by atoms with Crippen molar-refractivity contribution in [2.45, 2.75) is 32.7 Å². The third-order valence-corrected chi connectivity index (χ3v) is 5.71. The summed E-state index contributed by atoms with van der Waals surface area (Å²) < 4.78 is 24.7. The molecule has 4 rings (SSSR count). The Kier molecular flexibility index (Phi) is 6.82. The molecule has 0 saturated carbocycles. The minimum absolute atomic E-state index is 0.0360. The van der Waals surface area contributed by atoms with E-state index < -0.39 is 17.7 Å². The molecule has 176 valence electrons. The Labute approximate surface area is 197 Å². The van der Waals surface area contributed by atoms with Crippen LogP contribution in [0.1, 0.15) is 42.0 Å². The van der Waals surface area contributed by atoms with Crippen molar-refractivity contribution in [3.63, 3.8) is 0 Å². The summed E-state index contributed by atoms with van der Waals surface area (Å²) in [6, 6.07) is 15.3. The van der Waals surface area contributed by atoms with Gasteiger partial charge in [-0.2, -0.15) is 0 Å². The fourth-order valence-corrected chi connectivity index (χ4v) is 4.02. The Hall–Kier alpha value is -3.87. The first-order valence-corrected chi connectivity index (χ1v) is 11.2. The van der Waals surface area contributed by atoms with Crippen LogP contribution in [0.2, 0.25) is 0 Å². The van der Waals surface area contributed by atoms with Gasteiger partial charge < -0.3 is 19.2 Å². The number of hydrogen-bond donors (Lipinski definition) is 1.